The van der Waals surface area contributed by atoms with E-state index in [9.17, 15) is 0 Å². The number of hydrogen-bond acceptors (Lipinski definition) is 2. The van der Waals surface area contributed by atoms with Crippen molar-refractivity contribution in [3.8, 4) is 0 Å². The molecule has 0 aliphatic carbocycles. The Balaban J connectivity index is 1.75. The topological polar surface area (TPSA) is 21.1 Å². The van der Waals surface area contributed by atoms with Crippen molar-refractivity contribution in [2.45, 2.75) is 37.8 Å². The van der Waals surface area contributed by atoms with Crippen LogP contribution in [0.3, 0.4) is 0 Å². The van der Waals surface area contributed by atoms with Crippen molar-refractivity contribution in [2.75, 3.05) is 7.05 Å². The molecule has 0 radical (unpaired) electrons. The number of rotatable bonds is 1. The van der Waals surface area contributed by atoms with E-state index in [2.05, 4.69) is 47.5 Å². The minimum absolute atomic E-state index is 0.636. The van der Waals surface area contributed by atoms with Gasteiger partial charge in [0.05, 0.1) is 5.52 Å². The van der Waals surface area contributed by atoms with Crippen molar-refractivity contribution in [3.63, 3.8) is 0 Å². The minimum atomic E-state index is 0.636. The lowest BCUT2D eigenvalue weighted by Crippen LogP contribution is -2.45. The zero-order valence-corrected chi connectivity index (χ0v) is 12.2. The molecule has 20 heavy (non-hydrogen) atoms. The van der Waals surface area contributed by atoms with Crippen molar-refractivity contribution in [2.24, 2.45) is 7.05 Å². The third-order valence-corrected chi connectivity index (χ3v) is 4.98. The Morgan fingerprint density at radius 1 is 1.20 bits per heavy atom. The molecule has 0 N–H and O–H groups in total. The van der Waals surface area contributed by atoms with Crippen LogP contribution in [0.25, 0.3) is 16.5 Å². The predicted octanol–water partition coefficient (Wildman–Crippen LogP) is 3.21. The lowest BCUT2D eigenvalue weighted by molar-refractivity contribution is 0.137. The van der Waals surface area contributed by atoms with Gasteiger partial charge in [-0.1, -0.05) is 24.6 Å². The summed E-state index contributed by atoms with van der Waals surface area (Å²) in [6, 6.07) is 8.08. The molecule has 2 aromatic rings. The Morgan fingerprint density at radius 2 is 2.10 bits per heavy atom. The van der Waals surface area contributed by atoms with E-state index in [1.165, 1.54) is 42.2 Å². The highest BCUT2D eigenvalue weighted by Gasteiger charge is 2.31. The molecule has 1 aromatic carbocycles. The highest BCUT2D eigenvalue weighted by molar-refractivity contribution is 5.83. The lowest BCUT2D eigenvalue weighted by Gasteiger charge is -2.42. The lowest BCUT2D eigenvalue weighted by atomic mass is 9.83. The van der Waals surface area contributed by atoms with Crippen LogP contribution in [0.1, 0.15) is 31.2 Å². The van der Waals surface area contributed by atoms with E-state index in [0.29, 0.717) is 6.04 Å². The van der Waals surface area contributed by atoms with Gasteiger partial charge in [-0.25, -0.2) is 0 Å². The summed E-state index contributed by atoms with van der Waals surface area (Å²) in [5.41, 5.74) is 3.99. The van der Waals surface area contributed by atoms with E-state index in [-0.39, 0.29) is 0 Å². The Morgan fingerprint density at radius 3 is 2.95 bits per heavy atom. The molecular formula is C17H21N3. The monoisotopic (exact) mass is 267 g/mol. The minimum Gasteiger partial charge on any atom is -0.297 e. The molecule has 2 aliphatic rings. The number of benzene rings is 1. The highest BCUT2D eigenvalue weighted by atomic mass is 15.2. The molecule has 3 heteroatoms. The van der Waals surface area contributed by atoms with Gasteiger partial charge >= 0.3 is 0 Å². The van der Waals surface area contributed by atoms with Gasteiger partial charge in [-0.3, -0.25) is 9.58 Å². The van der Waals surface area contributed by atoms with Crippen molar-refractivity contribution in [1.82, 2.24) is 14.7 Å². The maximum Gasteiger partial charge on any atom is 0.0929 e. The first-order valence-corrected chi connectivity index (χ1v) is 7.57. The van der Waals surface area contributed by atoms with E-state index in [1.54, 1.807) is 0 Å². The van der Waals surface area contributed by atoms with Gasteiger partial charge in [0.1, 0.15) is 0 Å². The molecule has 1 fully saturated rings. The second-order valence-corrected chi connectivity index (χ2v) is 6.29. The number of likely N-dealkylation sites (N-methyl/N-ethyl adjacent to an activating group) is 1. The van der Waals surface area contributed by atoms with Gasteiger partial charge in [0, 0.05) is 30.7 Å². The van der Waals surface area contributed by atoms with Crippen LogP contribution in [-0.4, -0.2) is 33.8 Å². The van der Waals surface area contributed by atoms with Crippen LogP contribution in [0.15, 0.2) is 30.5 Å². The van der Waals surface area contributed by atoms with Gasteiger partial charge in [-0.2, -0.15) is 5.10 Å². The van der Waals surface area contributed by atoms with Crippen LogP contribution < -0.4 is 0 Å². The molecule has 2 aliphatic heterocycles. The molecule has 104 valence electrons. The second-order valence-electron chi connectivity index (χ2n) is 6.29. The fourth-order valence-electron chi connectivity index (χ4n) is 3.80. The molecule has 1 aromatic heterocycles. The van der Waals surface area contributed by atoms with E-state index >= 15 is 0 Å². The molecule has 2 atom stereocenters. The van der Waals surface area contributed by atoms with Crippen LogP contribution in [-0.2, 0) is 7.05 Å². The fourth-order valence-corrected chi connectivity index (χ4v) is 3.80. The van der Waals surface area contributed by atoms with Crippen LogP contribution in [0, 0.1) is 0 Å². The van der Waals surface area contributed by atoms with Crippen LogP contribution in [0.5, 0.6) is 0 Å². The predicted molar refractivity (Wildman–Crippen MR) is 82.5 cm³/mol. The molecule has 3 nitrogen and oxygen atoms in total. The van der Waals surface area contributed by atoms with Gasteiger partial charge in [0.2, 0.25) is 0 Å². The third-order valence-electron chi connectivity index (χ3n) is 4.98. The van der Waals surface area contributed by atoms with Crippen LogP contribution >= 0.6 is 0 Å². The van der Waals surface area contributed by atoms with Gasteiger partial charge in [0.15, 0.2) is 0 Å². The first-order valence-electron chi connectivity index (χ1n) is 7.57. The molecule has 2 unspecified atom stereocenters. The number of aromatic nitrogens is 2. The number of hydrogen-bond donors (Lipinski definition) is 0. The first kappa shape index (κ1) is 12.2. The van der Waals surface area contributed by atoms with Crippen molar-refractivity contribution in [1.29, 1.82) is 0 Å². The summed E-state index contributed by atoms with van der Waals surface area (Å²) >= 11 is 0. The molecule has 1 saturated heterocycles. The van der Waals surface area contributed by atoms with Gasteiger partial charge in [-0.05, 0) is 43.5 Å². The SMILES string of the molecule is CN1C2C=C(c3ccc4cn(C)nc4c3)CC1CCC2. The van der Waals surface area contributed by atoms with Crippen molar-refractivity contribution in [3.05, 3.63) is 36.0 Å². The van der Waals surface area contributed by atoms with E-state index in [1.807, 2.05) is 11.7 Å². The Hall–Kier alpha value is -1.61. The number of piperidine rings is 1. The summed E-state index contributed by atoms with van der Waals surface area (Å²) in [6.07, 6.45) is 9.78. The highest BCUT2D eigenvalue weighted by Crippen LogP contribution is 2.36. The zero-order chi connectivity index (χ0) is 13.7. The summed E-state index contributed by atoms with van der Waals surface area (Å²) in [6.45, 7) is 0. The summed E-state index contributed by atoms with van der Waals surface area (Å²) in [5.74, 6) is 0. The van der Waals surface area contributed by atoms with E-state index in [0.717, 1.165) is 11.6 Å². The average molecular weight is 267 g/mol. The van der Waals surface area contributed by atoms with E-state index < -0.39 is 0 Å². The first-order chi connectivity index (χ1) is 9.70. The molecule has 4 rings (SSSR count). The van der Waals surface area contributed by atoms with E-state index in [4.69, 9.17) is 0 Å². The van der Waals surface area contributed by atoms with Crippen molar-refractivity contribution < 1.29 is 0 Å². The number of nitrogens with zero attached hydrogens (tertiary/aromatic N) is 3. The second kappa shape index (κ2) is 4.45. The third kappa shape index (κ3) is 1.88. The normalized spacial score (nSPS) is 26.8. The summed E-state index contributed by atoms with van der Waals surface area (Å²) in [4.78, 5) is 2.56. The fraction of sp³-hybridized carbons (Fsp3) is 0.471. The standard InChI is InChI=1S/C17H21N3/c1-19-11-13-7-6-12(10-17(13)18-19)14-8-15-4-3-5-16(9-14)20(15)2/h6-8,10-11,15-16H,3-5,9H2,1-2H3. The molecule has 2 bridgehead atoms. The molecule has 0 saturated carbocycles. The Bertz CT molecular complexity index is 683. The maximum absolute atomic E-state index is 4.53. The zero-order valence-electron chi connectivity index (χ0n) is 12.2. The summed E-state index contributed by atoms with van der Waals surface area (Å²) in [7, 11) is 4.27. The smallest absolute Gasteiger partial charge is 0.0929 e. The molecule has 3 heterocycles. The van der Waals surface area contributed by atoms with Crippen LogP contribution in [0.2, 0.25) is 0 Å². The number of fused-ring (bicyclic) bond motifs is 3. The van der Waals surface area contributed by atoms with Crippen molar-refractivity contribution >= 4 is 16.5 Å². The molecule has 0 amide bonds. The average Bonchev–Trinajstić information content (AvgIpc) is 2.77. The summed E-state index contributed by atoms with van der Waals surface area (Å²) in [5, 5.41) is 5.76. The maximum atomic E-state index is 4.53. The largest absolute Gasteiger partial charge is 0.297 e. The molecule has 0 spiro atoms. The Kier molecular flexibility index (Phi) is 2.71. The quantitative estimate of drug-likeness (QED) is 0.791. The van der Waals surface area contributed by atoms with Gasteiger partial charge in [-0.15, -0.1) is 0 Å². The molecular weight excluding hydrogens is 246 g/mol. The van der Waals surface area contributed by atoms with Gasteiger partial charge in [0.25, 0.3) is 0 Å². The number of aryl methyl sites for hydroxylation is 1. The summed E-state index contributed by atoms with van der Waals surface area (Å²) < 4.78 is 1.90. The van der Waals surface area contributed by atoms with Gasteiger partial charge < -0.3 is 0 Å². The van der Waals surface area contributed by atoms with Crippen LogP contribution in [0.4, 0.5) is 0 Å². The Labute approximate surface area is 119 Å².